The van der Waals surface area contributed by atoms with Crippen molar-refractivity contribution in [3.8, 4) is 5.75 Å². The topological polar surface area (TPSA) is 55.5 Å². The van der Waals surface area contributed by atoms with E-state index >= 15 is 0 Å². The van der Waals surface area contributed by atoms with Crippen molar-refractivity contribution in [3.05, 3.63) is 29.3 Å². The second-order valence-electron chi connectivity index (χ2n) is 3.76. The predicted molar refractivity (Wildman–Crippen MR) is 61.0 cm³/mol. The van der Waals surface area contributed by atoms with Gasteiger partial charge in [-0.2, -0.15) is 0 Å². The van der Waals surface area contributed by atoms with Gasteiger partial charge in [-0.15, -0.1) is 0 Å². The first-order chi connectivity index (χ1) is 7.15. The third-order valence-electron chi connectivity index (χ3n) is 2.22. The largest absolute Gasteiger partial charge is 0.493 e. The van der Waals surface area contributed by atoms with Gasteiger partial charge in [0.15, 0.2) is 0 Å². The van der Waals surface area contributed by atoms with E-state index < -0.39 is 0 Å². The summed E-state index contributed by atoms with van der Waals surface area (Å²) in [5.74, 6) is 0.823. The molecule has 0 aromatic heterocycles. The van der Waals surface area contributed by atoms with E-state index in [4.69, 9.17) is 15.6 Å². The van der Waals surface area contributed by atoms with Gasteiger partial charge >= 0.3 is 0 Å². The average molecular weight is 209 g/mol. The van der Waals surface area contributed by atoms with Crippen LogP contribution in [0.15, 0.2) is 18.2 Å². The normalized spacial score (nSPS) is 12.5. The lowest BCUT2D eigenvalue weighted by Crippen LogP contribution is -2.09. The third-order valence-corrected chi connectivity index (χ3v) is 2.22. The van der Waals surface area contributed by atoms with Gasteiger partial charge in [0.1, 0.15) is 5.75 Å². The summed E-state index contributed by atoms with van der Waals surface area (Å²) in [6, 6.07) is 5.94. The molecule has 0 bridgehead atoms. The van der Waals surface area contributed by atoms with E-state index in [1.807, 2.05) is 32.0 Å². The van der Waals surface area contributed by atoms with Crippen LogP contribution in [0.4, 0.5) is 0 Å². The van der Waals surface area contributed by atoms with Crippen LogP contribution < -0.4 is 10.5 Å². The lowest BCUT2D eigenvalue weighted by atomic mass is 10.1. The van der Waals surface area contributed by atoms with Gasteiger partial charge in [0.25, 0.3) is 0 Å². The Morgan fingerprint density at radius 1 is 1.47 bits per heavy atom. The Morgan fingerprint density at radius 3 is 2.80 bits per heavy atom. The van der Waals surface area contributed by atoms with Crippen LogP contribution in [0.1, 0.15) is 30.5 Å². The molecule has 0 saturated carbocycles. The Bertz CT molecular complexity index is 310. The highest BCUT2D eigenvalue weighted by atomic mass is 16.5. The molecule has 0 aliphatic carbocycles. The van der Waals surface area contributed by atoms with Crippen molar-refractivity contribution in [2.75, 3.05) is 13.2 Å². The molecular weight excluding hydrogens is 190 g/mol. The number of nitrogens with two attached hydrogens (primary N) is 1. The molecule has 0 fully saturated rings. The van der Waals surface area contributed by atoms with Gasteiger partial charge in [-0.1, -0.05) is 17.7 Å². The first-order valence-corrected chi connectivity index (χ1v) is 5.25. The summed E-state index contributed by atoms with van der Waals surface area (Å²) in [7, 11) is 0. The Kier molecular flexibility index (Phi) is 4.59. The number of aliphatic hydroxyl groups excluding tert-OH is 1. The Labute approximate surface area is 90.9 Å². The van der Waals surface area contributed by atoms with Gasteiger partial charge in [-0.25, -0.2) is 0 Å². The van der Waals surface area contributed by atoms with Crippen molar-refractivity contribution >= 4 is 0 Å². The Hall–Kier alpha value is -1.06. The Balaban J connectivity index is 2.77. The molecule has 0 aliphatic heterocycles. The lowest BCUT2D eigenvalue weighted by Gasteiger charge is -2.14. The van der Waals surface area contributed by atoms with Crippen LogP contribution >= 0.6 is 0 Å². The maximum Gasteiger partial charge on any atom is 0.124 e. The molecule has 0 amide bonds. The molecule has 3 heteroatoms. The summed E-state index contributed by atoms with van der Waals surface area (Å²) in [5.41, 5.74) is 8.06. The van der Waals surface area contributed by atoms with E-state index in [0.717, 1.165) is 11.3 Å². The number of rotatable bonds is 5. The van der Waals surface area contributed by atoms with Gasteiger partial charge in [0, 0.05) is 24.6 Å². The first-order valence-electron chi connectivity index (χ1n) is 5.25. The van der Waals surface area contributed by atoms with E-state index in [0.29, 0.717) is 13.0 Å². The lowest BCUT2D eigenvalue weighted by molar-refractivity contribution is 0.232. The third kappa shape index (κ3) is 3.53. The number of benzene rings is 1. The van der Waals surface area contributed by atoms with Crippen LogP contribution in [0, 0.1) is 6.92 Å². The standard InChI is InChI=1S/C12H19NO2/c1-9-4-5-12(15-7-3-6-14)11(8-9)10(2)13/h4-5,8,10,14H,3,6-7,13H2,1-2H3/t10-/m0/s1. The summed E-state index contributed by atoms with van der Waals surface area (Å²) in [4.78, 5) is 0. The zero-order valence-electron chi connectivity index (χ0n) is 9.36. The maximum atomic E-state index is 8.66. The molecule has 0 aliphatic rings. The SMILES string of the molecule is Cc1ccc(OCCCO)c([C@H](C)N)c1. The molecule has 1 rings (SSSR count). The second-order valence-corrected chi connectivity index (χ2v) is 3.76. The summed E-state index contributed by atoms with van der Waals surface area (Å²) in [6.07, 6.45) is 0.645. The summed E-state index contributed by atoms with van der Waals surface area (Å²) >= 11 is 0. The van der Waals surface area contributed by atoms with Gasteiger partial charge in [0.05, 0.1) is 6.61 Å². The van der Waals surface area contributed by atoms with E-state index in [1.165, 1.54) is 5.56 Å². The Morgan fingerprint density at radius 2 is 2.20 bits per heavy atom. The van der Waals surface area contributed by atoms with E-state index in [-0.39, 0.29) is 12.6 Å². The van der Waals surface area contributed by atoms with E-state index in [2.05, 4.69) is 0 Å². The minimum atomic E-state index is -0.0333. The fourth-order valence-electron chi connectivity index (χ4n) is 1.40. The number of aryl methyl sites for hydroxylation is 1. The number of ether oxygens (including phenoxy) is 1. The van der Waals surface area contributed by atoms with Crippen molar-refractivity contribution < 1.29 is 9.84 Å². The van der Waals surface area contributed by atoms with Gasteiger partial charge in [-0.3, -0.25) is 0 Å². The molecule has 15 heavy (non-hydrogen) atoms. The van der Waals surface area contributed by atoms with Crippen molar-refractivity contribution in [1.82, 2.24) is 0 Å². The molecule has 0 heterocycles. The van der Waals surface area contributed by atoms with Crippen molar-refractivity contribution in [3.63, 3.8) is 0 Å². The maximum absolute atomic E-state index is 8.66. The van der Waals surface area contributed by atoms with Gasteiger partial charge in [0.2, 0.25) is 0 Å². The van der Waals surface area contributed by atoms with E-state index in [9.17, 15) is 0 Å². The predicted octanol–water partition coefficient (Wildman–Crippen LogP) is 1.78. The molecule has 1 atom stereocenters. The van der Waals surface area contributed by atoms with Crippen LogP contribution in [0.3, 0.4) is 0 Å². The van der Waals surface area contributed by atoms with Gasteiger partial charge in [-0.05, 0) is 19.9 Å². The summed E-state index contributed by atoms with van der Waals surface area (Å²) < 4.78 is 5.55. The van der Waals surface area contributed by atoms with Crippen LogP contribution in [0.5, 0.6) is 5.75 Å². The molecule has 1 aromatic rings. The molecule has 0 radical (unpaired) electrons. The monoisotopic (exact) mass is 209 g/mol. The molecular formula is C12H19NO2. The molecule has 0 spiro atoms. The molecule has 84 valence electrons. The van der Waals surface area contributed by atoms with Crippen molar-refractivity contribution in [2.45, 2.75) is 26.3 Å². The van der Waals surface area contributed by atoms with Crippen LogP contribution in [0.25, 0.3) is 0 Å². The molecule has 3 N–H and O–H groups in total. The fraction of sp³-hybridized carbons (Fsp3) is 0.500. The summed E-state index contributed by atoms with van der Waals surface area (Å²) in [5, 5.41) is 8.66. The highest BCUT2D eigenvalue weighted by Crippen LogP contribution is 2.24. The van der Waals surface area contributed by atoms with Crippen molar-refractivity contribution in [1.29, 1.82) is 0 Å². The van der Waals surface area contributed by atoms with E-state index in [1.54, 1.807) is 0 Å². The minimum Gasteiger partial charge on any atom is -0.493 e. The van der Waals surface area contributed by atoms with Crippen molar-refractivity contribution in [2.24, 2.45) is 5.73 Å². The molecule has 3 nitrogen and oxygen atoms in total. The number of hydrogen-bond donors (Lipinski definition) is 2. The van der Waals surface area contributed by atoms with Crippen LogP contribution in [-0.4, -0.2) is 18.3 Å². The molecule has 0 unspecified atom stereocenters. The molecule has 1 aromatic carbocycles. The van der Waals surface area contributed by atoms with Gasteiger partial charge < -0.3 is 15.6 Å². The van der Waals surface area contributed by atoms with Crippen LogP contribution in [0.2, 0.25) is 0 Å². The zero-order chi connectivity index (χ0) is 11.3. The zero-order valence-corrected chi connectivity index (χ0v) is 9.36. The molecule has 0 saturated heterocycles. The highest BCUT2D eigenvalue weighted by molar-refractivity contribution is 5.38. The first kappa shape index (κ1) is 12.0. The fourth-order valence-corrected chi connectivity index (χ4v) is 1.40. The second kappa shape index (κ2) is 5.73. The van der Waals surface area contributed by atoms with Crippen LogP contribution in [-0.2, 0) is 0 Å². The minimum absolute atomic E-state index is 0.0333. The average Bonchev–Trinajstić information content (AvgIpc) is 2.20. The number of hydrogen-bond acceptors (Lipinski definition) is 3. The quantitative estimate of drug-likeness (QED) is 0.727. The smallest absolute Gasteiger partial charge is 0.124 e. The highest BCUT2D eigenvalue weighted by Gasteiger charge is 2.07. The number of aliphatic hydroxyl groups is 1. The summed E-state index contributed by atoms with van der Waals surface area (Å²) in [6.45, 7) is 4.65.